The first-order chi connectivity index (χ1) is 14.1. The summed E-state index contributed by atoms with van der Waals surface area (Å²) in [5.74, 6) is 1.46. The molecule has 0 unspecified atom stereocenters. The predicted molar refractivity (Wildman–Crippen MR) is 112 cm³/mol. The van der Waals surface area contributed by atoms with Gasteiger partial charge in [-0.3, -0.25) is 9.59 Å². The van der Waals surface area contributed by atoms with Gasteiger partial charge < -0.3 is 19.7 Å². The van der Waals surface area contributed by atoms with Crippen molar-refractivity contribution in [2.45, 2.75) is 19.4 Å². The summed E-state index contributed by atoms with van der Waals surface area (Å²) in [7, 11) is 0. The number of hydrogen-bond acceptors (Lipinski definition) is 4. The highest BCUT2D eigenvalue weighted by Gasteiger charge is 2.27. The SMILES string of the molecule is O=C(NCc1ccc2c(c1)OCCO2)C1CCN(C(=O)c2ccc(Br)cc2)CC1. The van der Waals surface area contributed by atoms with Crippen LogP contribution >= 0.6 is 15.9 Å². The molecule has 1 saturated heterocycles. The lowest BCUT2D eigenvalue weighted by atomic mass is 9.95. The van der Waals surface area contributed by atoms with Gasteiger partial charge in [-0.1, -0.05) is 22.0 Å². The lowest BCUT2D eigenvalue weighted by molar-refractivity contribution is -0.126. The van der Waals surface area contributed by atoms with E-state index in [-0.39, 0.29) is 17.7 Å². The molecular formula is C22H23BrN2O4. The Labute approximate surface area is 178 Å². The summed E-state index contributed by atoms with van der Waals surface area (Å²) in [4.78, 5) is 27.0. The second-order valence-corrected chi connectivity index (χ2v) is 8.18. The number of rotatable bonds is 4. The first-order valence-corrected chi connectivity index (χ1v) is 10.6. The largest absolute Gasteiger partial charge is 0.486 e. The van der Waals surface area contributed by atoms with Crippen LogP contribution in [0.2, 0.25) is 0 Å². The minimum absolute atomic E-state index is 0.0210. The highest BCUT2D eigenvalue weighted by molar-refractivity contribution is 9.10. The fourth-order valence-electron chi connectivity index (χ4n) is 3.65. The number of halogens is 1. The number of likely N-dealkylation sites (tertiary alicyclic amines) is 1. The number of carbonyl (C=O) groups is 2. The van der Waals surface area contributed by atoms with Crippen LogP contribution in [0, 0.1) is 5.92 Å². The zero-order valence-corrected chi connectivity index (χ0v) is 17.6. The van der Waals surface area contributed by atoms with Crippen molar-refractivity contribution < 1.29 is 19.1 Å². The molecule has 2 aromatic rings. The van der Waals surface area contributed by atoms with E-state index in [1.165, 1.54) is 0 Å². The number of ether oxygens (including phenoxy) is 2. The van der Waals surface area contributed by atoms with Crippen LogP contribution in [0.25, 0.3) is 0 Å². The molecule has 2 heterocycles. The van der Waals surface area contributed by atoms with Gasteiger partial charge in [-0.25, -0.2) is 0 Å². The first kappa shape index (κ1) is 19.8. The van der Waals surface area contributed by atoms with E-state index in [0.717, 1.165) is 21.5 Å². The van der Waals surface area contributed by atoms with E-state index in [2.05, 4.69) is 21.2 Å². The monoisotopic (exact) mass is 458 g/mol. The average Bonchev–Trinajstić information content (AvgIpc) is 2.77. The second kappa shape index (κ2) is 8.86. The molecule has 152 valence electrons. The summed E-state index contributed by atoms with van der Waals surface area (Å²) in [6.45, 7) is 2.74. The third-order valence-electron chi connectivity index (χ3n) is 5.32. The quantitative estimate of drug-likeness (QED) is 0.762. The number of amides is 2. The molecule has 4 rings (SSSR count). The zero-order chi connectivity index (χ0) is 20.2. The summed E-state index contributed by atoms with van der Waals surface area (Å²) < 4.78 is 12.1. The van der Waals surface area contributed by atoms with Crippen molar-refractivity contribution in [3.8, 4) is 11.5 Å². The predicted octanol–water partition coefficient (Wildman–Crippen LogP) is 3.39. The molecule has 0 saturated carbocycles. The normalized spacial score (nSPS) is 16.4. The van der Waals surface area contributed by atoms with Crippen molar-refractivity contribution in [1.82, 2.24) is 10.2 Å². The molecule has 0 aromatic heterocycles. The molecule has 0 radical (unpaired) electrons. The van der Waals surface area contributed by atoms with Gasteiger partial charge in [-0.15, -0.1) is 0 Å². The van der Waals surface area contributed by atoms with Gasteiger partial charge in [0, 0.05) is 35.6 Å². The van der Waals surface area contributed by atoms with Gasteiger partial charge in [0.05, 0.1) is 0 Å². The molecule has 2 aliphatic rings. The van der Waals surface area contributed by atoms with Crippen molar-refractivity contribution in [1.29, 1.82) is 0 Å². The average molecular weight is 459 g/mol. The molecule has 0 aliphatic carbocycles. The van der Waals surface area contributed by atoms with Gasteiger partial charge in [0.15, 0.2) is 11.5 Å². The molecular weight excluding hydrogens is 436 g/mol. The van der Waals surface area contributed by atoms with Crippen LogP contribution in [0.4, 0.5) is 0 Å². The van der Waals surface area contributed by atoms with Gasteiger partial charge in [0.1, 0.15) is 13.2 Å². The summed E-state index contributed by atoms with van der Waals surface area (Å²) >= 11 is 3.38. The molecule has 29 heavy (non-hydrogen) atoms. The Morgan fingerprint density at radius 2 is 1.69 bits per heavy atom. The van der Waals surface area contributed by atoms with Crippen molar-refractivity contribution in [2.75, 3.05) is 26.3 Å². The molecule has 2 aromatic carbocycles. The van der Waals surface area contributed by atoms with Crippen LogP contribution in [-0.2, 0) is 11.3 Å². The van der Waals surface area contributed by atoms with Gasteiger partial charge in [-0.2, -0.15) is 0 Å². The lowest BCUT2D eigenvalue weighted by Gasteiger charge is -2.31. The fourth-order valence-corrected chi connectivity index (χ4v) is 3.92. The van der Waals surface area contributed by atoms with Crippen LogP contribution in [0.1, 0.15) is 28.8 Å². The van der Waals surface area contributed by atoms with Crippen molar-refractivity contribution in [2.24, 2.45) is 5.92 Å². The van der Waals surface area contributed by atoms with Gasteiger partial charge in [0.25, 0.3) is 5.91 Å². The van der Waals surface area contributed by atoms with E-state index in [0.29, 0.717) is 51.3 Å². The van der Waals surface area contributed by atoms with E-state index in [9.17, 15) is 9.59 Å². The topological polar surface area (TPSA) is 67.9 Å². The third kappa shape index (κ3) is 4.72. The van der Waals surface area contributed by atoms with Gasteiger partial charge in [0.2, 0.25) is 5.91 Å². The van der Waals surface area contributed by atoms with Crippen molar-refractivity contribution in [3.05, 3.63) is 58.1 Å². The molecule has 7 heteroatoms. The van der Waals surface area contributed by atoms with Crippen LogP contribution in [0.15, 0.2) is 46.9 Å². The van der Waals surface area contributed by atoms with Crippen LogP contribution < -0.4 is 14.8 Å². The Hall–Kier alpha value is -2.54. The maximum absolute atomic E-state index is 12.6. The van der Waals surface area contributed by atoms with E-state index in [1.807, 2.05) is 47.4 Å². The van der Waals surface area contributed by atoms with Crippen LogP contribution in [0.3, 0.4) is 0 Å². The summed E-state index contributed by atoms with van der Waals surface area (Å²) in [6.07, 6.45) is 1.35. The number of fused-ring (bicyclic) bond motifs is 1. The number of carbonyl (C=O) groups excluding carboxylic acids is 2. The smallest absolute Gasteiger partial charge is 0.253 e. The molecule has 1 fully saturated rings. The number of hydrogen-bond donors (Lipinski definition) is 1. The second-order valence-electron chi connectivity index (χ2n) is 7.27. The molecule has 1 N–H and O–H groups in total. The Bertz CT molecular complexity index is 892. The van der Waals surface area contributed by atoms with E-state index in [1.54, 1.807) is 0 Å². The number of nitrogens with zero attached hydrogens (tertiary/aromatic N) is 1. The number of piperidine rings is 1. The summed E-state index contributed by atoms with van der Waals surface area (Å²) in [6, 6.07) is 13.1. The van der Waals surface area contributed by atoms with Gasteiger partial charge >= 0.3 is 0 Å². The number of nitrogens with one attached hydrogen (secondary N) is 1. The Balaban J connectivity index is 1.27. The molecule has 0 spiro atoms. The molecule has 2 amide bonds. The van der Waals surface area contributed by atoms with Crippen LogP contribution in [-0.4, -0.2) is 43.0 Å². The molecule has 0 atom stereocenters. The highest BCUT2D eigenvalue weighted by atomic mass is 79.9. The Morgan fingerprint density at radius 1 is 1.00 bits per heavy atom. The minimum atomic E-state index is -0.0684. The van der Waals surface area contributed by atoms with E-state index < -0.39 is 0 Å². The molecule has 6 nitrogen and oxygen atoms in total. The van der Waals surface area contributed by atoms with Gasteiger partial charge in [-0.05, 0) is 54.8 Å². The third-order valence-corrected chi connectivity index (χ3v) is 5.85. The fraction of sp³-hybridized carbons (Fsp3) is 0.364. The maximum Gasteiger partial charge on any atom is 0.253 e. The Morgan fingerprint density at radius 3 is 2.41 bits per heavy atom. The maximum atomic E-state index is 12.6. The highest BCUT2D eigenvalue weighted by Crippen LogP contribution is 2.30. The number of benzene rings is 2. The molecule has 0 bridgehead atoms. The minimum Gasteiger partial charge on any atom is -0.486 e. The summed E-state index contributed by atoms with van der Waals surface area (Å²) in [5.41, 5.74) is 1.65. The van der Waals surface area contributed by atoms with Crippen molar-refractivity contribution in [3.63, 3.8) is 0 Å². The van der Waals surface area contributed by atoms with E-state index >= 15 is 0 Å². The molecule has 2 aliphatic heterocycles. The van der Waals surface area contributed by atoms with Crippen LogP contribution in [0.5, 0.6) is 11.5 Å². The van der Waals surface area contributed by atoms with Crippen molar-refractivity contribution >= 4 is 27.7 Å². The summed E-state index contributed by atoms with van der Waals surface area (Å²) in [5, 5.41) is 3.01. The standard InChI is InChI=1S/C22H23BrN2O4/c23-18-4-2-17(3-5-18)22(27)25-9-7-16(8-10-25)21(26)24-14-15-1-6-19-20(13-15)29-12-11-28-19/h1-6,13,16H,7-12,14H2,(H,24,26). The first-order valence-electron chi connectivity index (χ1n) is 9.81. The lowest BCUT2D eigenvalue weighted by Crippen LogP contribution is -2.42. The zero-order valence-electron chi connectivity index (χ0n) is 16.0. The Kier molecular flexibility index (Phi) is 6.04. The van der Waals surface area contributed by atoms with E-state index in [4.69, 9.17) is 9.47 Å².